The topological polar surface area (TPSA) is 55.2 Å². The van der Waals surface area contributed by atoms with E-state index >= 15 is 0 Å². The Labute approximate surface area is 100.0 Å². The molecule has 0 aliphatic rings. The van der Waals surface area contributed by atoms with Crippen molar-refractivity contribution in [1.82, 2.24) is 5.32 Å². The van der Waals surface area contributed by atoms with E-state index in [1.54, 1.807) is 0 Å². The van der Waals surface area contributed by atoms with Crippen LogP contribution in [0.25, 0.3) is 0 Å². The van der Waals surface area contributed by atoms with E-state index in [1.165, 1.54) is 12.1 Å². The van der Waals surface area contributed by atoms with Gasteiger partial charge < -0.3 is 5.32 Å². The van der Waals surface area contributed by atoms with Crippen molar-refractivity contribution in [3.05, 3.63) is 39.7 Å². The lowest BCUT2D eigenvalue weighted by Crippen LogP contribution is -2.24. The molecule has 4 nitrogen and oxygen atoms in total. The monoisotopic (exact) mass is 240 g/mol. The van der Waals surface area contributed by atoms with E-state index in [4.69, 9.17) is 0 Å². The molecular formula is C12H17FN2O2. The van der Waals surface area contributed by atoms with Gasteiger partial charge in [-0.15, -0.1) is 0 Å². The van der Waals surface area contributed by atoms with Gasteiger partial charge in [-0.25, -0.2) is 4.39 Å². The van der Waals surface area contributed by atoms with E-state index in [0.29, 0.717) is 18.0 Å². The van der Waals surface area contributed by atoms with Gasteiger partial charge in [0.05, 0.1) is 4.92 Å². The standard InChI is InChI=1S/C12H17FN2O2/c1-3-11(14-2)6-4-9-8-10(13)5-7-12(9)15(16)17/h5,7-8,11,14H,3-4,6H2,1-2H3. The zero-order chi connectivity index (χ0) is 12.8. The molecular weight excluding hydrogens is 223 g/mol. The fourth-order valence-electron chi connectivity index (χ4n) is 1.81. The smallest absolute Gasteiger partial charge is 0.272 e. The summed E-state index contributed by atoms with van der Waals surface area (Å²) in [7, 11) is 1.86. The number of nitro benzene ring substituents is 1. The highest BCUT2D eigenvalue weighted by Gasteiger charge is 2.15. The number of halogens is 1. The summed E-state index contributed by atoms with van der Waals surface area (Å²) >= 11 is 0. The van der Waals surface area contributed by atoms with Crippen LogP contribution in [0.4, 0.5) is 10.1 Å². The predicted molar refractivity (Wildman–Crippen MR) is 64.5 cm³/mol. The Balaban J connectivity index is 2.81. The molecule has 0 heterocycles. The summed E-state index contributed by atoms with van der Waals surface area (Å²) < 4.78 is 13.1. The third kappa shape index (κ3) is 3.78. The molecule has 17 heavy (non-hydrogen) atoms. The van der Waals surface area contributed by atoms with Crippen LogP contribution in [-0.2, 0) is 6.42 Å². The first kappa shape index (κ1) is 13.6. The van der Waals surface area contributed by atoms with Gasteiger partial charge in [-0.05, 0) is 38.4 Å². The number of hydrogen-bond acceptors (Lipinski definition) is 3. The second kappa shape index (κ2) is 6.30. The van der Waals surface area contributed by atoms with E-state index in [0.717, 1.165) is 18.9 Å². The molecule has 0 bridgehead atoms. The lowest BCUT2D eigenvalue weighted by molar-refractivity contribution is -0.385. The molecule has 0 saturated heterocycles. The van der Waals surface area contributed by atoms with Crippen molar-refractivity contribution in [3.63, 3.8) is 0 Å². The average molecular weight is 240 g/mol. The summed E-state index contributed by atoms with van der Waals surface area (Å²) in [5, 5.41) is 13.9. The highest BCUT2D eigenvalue weighted by molar-refractivity contribution is 5.40. The maximum atomic E-state index is 13.1. The second-order valence-corrected chi connectivity index (χ2v) is 3.96. The van der Waals surface area contributed by atoms with Gasteiger partial charge in [-0.2, -0.15) is 0 Å². The van der Waals surface area contributed by atoms with Crippen molar-refractivity contribution in [2.24, 2.45) is 0 Å². The van der Waals surface area contributed by atoms with Crippen LogP contribution in [0.1, 0.15) is 25.3 Å². The molecule has 0 aromatic heterocycles. The lowest BCUT2D eigenvalue weighted by atomic mass is 10.0. The largest absolute Gasteiger partial charge is 0.317 e. The summed E-state index contributed by atoms with van der Waals surface area (Å²) in [4.78, 5) is 10.3. The van der Waals surface area contributed by atoms with Crippen molar-refractivity contribution in [3.8, 4) is 0 Å². The number of hydrogen-bond donors (Lipinski definition) is 1. The van der Waals surface area contributed by atoms with Crippen molar-refractivity contribution in [2.75, 3.05) is 7.05 Å². The summed E-state index contributed by atoms with van der Waals surface area (Å²) in [5.41, 5.74) is 0.459. The molecule has 1 unspecified atom stereocenters. The summed E-state index contributed by atoms with van der Waals surface area (Å²) in [5.74, 6) is -0.428. The van der Waals surface area contributed by atoms with Crippen LogP contribution in [-0.4, -0.2) is 18.0 Å². The fourth-order valence-corrected chi connectivity index (χ4v) is 1.81. The van der Waals surface area contributed by atoms with Crippen LogP contribution in [0, 0.1) is 15.9 Å². The lowest BCUT2D eigenvalue weighted by Gasteiger charge is -2.13. The van der Waals surface area contributed by atoms with Gasteiger partial charge in [0.15, 0.2) is 0 Å². The number of aryl methyl sites for hydroxylation is 1. The minimum atomic E-state index is -0.463. The van der Waals surface area contributed by atoms with Crippen LogP contribution in [0.3, 0.4) is 0 Å². The first-order valence-corrected chi connectivity index (χ1v) is 5.68. The highest BCUT2D eigenvalue weighted by atomic mass is 19.1. The van der Waals surface area contributed by atoms with Crippen molar-refractivity contribution in [1.29, 1.82) is 0 Å². The zero-order valence-corrected chi connectivity index (χ0v) is 10.1. The minimum absolute atomic E-state index is 0.00245. The normalized spacial score (nSPS) is 12.4. The van der Waals surface area contributed by atoms with Gasteiger partial charge in [0.1, 0.15) is 5.82 Å². The molecule has 94 valence electrons. The van der Waals surface area contributed by atoms with Crippen molar-refractivity contribution in [2.45, 2.75) is 32.2 Å². The molecule has 0 radical (unpaired) electrons. The van der Waals surface area contributed by atoms with E-state index in [1.807, 2.05) is 14.0 Å². The molecule has 1 N–H and O–H groups in total. The Morgan fingerprint density at radius 1 is 1.53 bits per heavy atom. The van der Waals surface area contributed by atoms with E-state index < -0.39 is 10.7 Å². The SMILES string of the molecule is CCC(CCc1cc(F)ccc1[N+](=O)[O-])NC. The predicted octanol–water partition coefficient (Wildman–Crippen LogP) is 2.66. The molecule has 0 fully saturated rings. The Morgan fingerprint density at radius 2 is 2.24 bits per heavy atom. The summed E-state index contributed by atoms with van der Waals surface area (Å²) in [6.07, 6.45) is 2.21. The van der Waals surface area contributed by atoms with Gasteiger partial charge in [0.25, 0.3) is 5.69 Å². The number of nitrogens with zero attached hydrogens (tertiary/aromatic N) is 1. The first-order chi connectivity index (χ1) is 8.08. The molecule has 0 spiro atoms. The van der Waals surface area contributed by atoms with Gasteiger partial charge >= 0.3 is 0 Å². The zero-order valence-electron chi connectivity index (χ0n) is 10.1. The molecule has 1 aromatic rings. The maximum Gasteiger partial charge on any atom is 0.272 e. The minimum Gasteiger partial charge on any atom is -0.317 e. The van der Waals surface area contributed by atoms with Crippen LogP contribution >= 0.6 is 0 Å². The Kier molecular flexibility index (Phi) is 5.03. The van der Waals surface area contributed by atoms with Crippen LogP contribution in [0.2, 0.25) is 0 Å². The number of rotatable bonds is 6. The number of benzene rings is 1. The van der Waals surface area contributed by atoms with Crippen molar-refractivity contribution >= 4 is 5.69 Å². The second-order valence-electron chi connectivity index (χ2n) is 3.96. The van der Waals surface area contributed by atoms with Crippen LogP contribution in [0.15, 0.2) is 18.2 Å². The molecule has 1 rings (SSSR count). The molecule has 1 aromatic carbocycles. The van der Waals surface area contributed by atoms with Crippen molar-refractivity contribution < 1.29 is 9.31 Å². The van der Waals surface area contributed by atoms with Gasteiger partial charge in [0.2, 0.25) is 0 Å². The molecule has 0 amide bonds. The van der Waals surface area contributed by atoms with E-state index in [2.05, 4.69) is 5.32 Å². The average Bonchev–Trinajstić information content (AvgIpc) is 2.30. The summed E-state index contributed by atoms with van der Waals surface area (Å²) in [6, 6.07) is 3.90. The fraction of sp³-hybridized carbons (Fsp3) is 0.500. The molecule has 0 aliphatic heterocycles. The summed E-state index contributed by atoms with van der Waals surface area (Å²) in [6.45, 7) is 2.04. The molecule has 1 atom stereocenters. The highest BCUT2D eigenvalue weighted by Crippen LogP contribution is 2.21. The van der Waals surface area contributed by atoms with Gasteiger partial charge in [0, 0.05) is 17.7 Å². The quantitative estimate of drug-likeness (QED) is 0.614. The van der Waals surface area contributed by atoms with Gasteiger partial charge in [-0.3, -0.25) is 10.1 Å². The third-order valence-electron chi connectivity index (χ3n) is 2.90. The Hall–Kier alpha value is -1.49. The third-order valence-corrected chi connectivity index (χ3v) is 2.90. The molecule has 0 aliphatic carbocycles. The van der Waals surface area contributed by atoms with Gasteiger partial charge in [-0.1, -0.05) is 6.92 Å². The van der Waals surface area contributed by atoms with Crippen LogP contribution < -0.4 is 5.32 Å². The maximum absolute atomic E-state index is 13.1. The van der Waals surface area contributed by atoms with E-state index in [9.17, 15) is 14.5 Å². The number of nitrogens with one attached hydrogen (secondary N) is 1. The number of nitro groups is 1. The first-order valence-electron chi connectivity index (χ1n) is 5.68. The van der Waals surface area contributed by atoms with E-state index in [-0.39, 0.29) is 5.69 Å². The van der Waals surface area contributed by atoms with Crippen LogP contribution in [0.5, 0.6) is 0 Å². The molecule has 5 heteroatoms. The molecule has 0 saturated carbocycles. The Morgan fingerprint density at radius 3 is 2.76 bits per heavy atom. The Bertz CT molecular complexity index is 392.